The molecule has 108 valence electrons. The van der Waals surface area contributed by atoms with Gasteiger partial charge in [0.05, 0.1) is 11.6 Å². The van der Waals surface area contributed by atoms with Gasteiger partial charge in [0.2, 0.25) is 5.82 Å². The average molecular weight is 291 g/mol. The van der Waals surface area contributed by atoms with Gasteiger partial charge >= 0.3 is 0 Å². The molecular weight excluding hydrogens is 278 g/mol. The van der Waals surface area contributed by atoms with Gasteiger partial charge in [-0.3, -0.25) is 0 Å². The fourth-order valence-corrected chi connectivity index (χ4v) is 1.98. The molecule has 0 aliphatic rings. The van der Waals surface area contributed by atoms with Crippen molar-refractivity contribution in [3.63, 3.8) is 0 Å². The van der Waals surface area contributed by atoms with Gasteiger partial charge in [-0.2, -0.15) is 10.2 Å². The summed E-state index contributed by atoms with van der Waals surface area (Å²) in [6, 6.07) is 16.8. The third kappa shape index (κ3) is 3.13. The molecular formula is C17H13N3O2. The summed E-state index contributed by atoms with van der Waals surface area (Å²) < 4.78 is 10.8. The van der Waals surface area contributed by atoms with Gasteiger partial charge in [-0.05, 0) is 43.3 Å². The zero-order valence-electron chi connectivity index (χ0n) is 12.0. The lowest BCUT2D eigenvalue weighted by atomic mass is 10.1. The molecule has 5 heteroatoms. The van der Waals surface area contributed by atoms with E-state index in [-0.39, 0.29) is 6.61 Å². The number of hydrogen-bond acceptors (Lipinski definition) is 5. The molecule has 0 fully saturated rings. The van der Waals surface area contributed by atoms with Crippen LogP contribution in [0.15, 0.2) is 53.1 Å². The summed E-state index contributed by atoms with van der Waals surface area (Å²) in [5.74, 6) is 1.60. The molecule has 0 radical (unpaired) electrons. The Kier molecular flexibility index (Phi) is 3.84. The first kappa shape index (κ1) is 13.8. The van der Waals surface area contributed by atoms with Crippen molar-refractivity contribution in [2.75, 3.05) is 0 Å². The maximum Gasteiger partial charge on any atom is 0.258 e. The van der Waals surface area contributed by atoms with Crippen LogP contribution in [0.4, 0.5) is 0 Å². The number of rotatable bonds is 4. The summed E-state index contributed by atoms with van der Waals surface area (Å²) in [7, 11) is 0. The Balaban J connectivity index is 1.68. The molecule has 0 unspecified atom stereocenters. The van der Waals surface area contributed by atoms with Crippen molar-refractivity contribution in [3.05, 3.63) is 65.5 Å². The van der Waals surface area contributed by atoms with E-state index in [9.17, 15) is 0 Å². The normalized spacial score (nSPS) is 10.2. The monoisotopic (exact) mass is 291 g/mol. The topological polar surface area (TPSA) is 71.9 Å². The second-order valence-corrected chi connectivity index (χ2v) is 4.81. The molecule has 0 atom stereocenters. The lowest BCUT2D eigenvalue weighted by molar-refractivity contribution is 0.287. The summed E-state index contributed by atoms with van der Waals surface area (Å²) in [5, 5.41) is 12.7. The third-order valence-electron chi connectivity index (χ3n) is 3.08. The molecule has 3 rings (SSSR count). The molecule has 0 amide bonds. The fraction of sp³-hybridized carbons (Fsp3) is 0.118. The van der Waals surface area contributed by atoms with Crippen LogP contribution in [0.1, 0.15) is 17.0 Å². The Labute approximate surface area is 127 Å². The first-order valence-electron chi connectivity index (χ1n) is 6.77. The fourth-order valence-electron chi connectivity index (χ4n) is 1.98. The van der Waals surface area contributed by atoms with Crippen LogP contribution in [0.25, 0.3) is 11.5 Å². The molecule has 0 saturated carbocycles. The van der Waals surface area contributed by atoms with Gasteiger partial charge in [-0.25, -0.2) is 0 Å². The minimum Gasteiger partial charge on any atom is -0.485 e. The molecule has 22 heavy (non-hydrogen) atoms. The number of ether oxygens (including phenoxy) is 1. The molecule has 0 saturated heterocycles. The Hall–Kier alpha value is -3.13. The van der Waals surface area contributed by atoms with E-state index in [1.807, 2.05) is 31.2 Å². The SMILES string of the molecule is Cc1cccc(-c2nc(COc3ccc(C#N)cc3)no2)c1. The molecule has 0 aliphatic carbocycles. The third-order valence-corrected chi connectivity index (χ3v) is 3.08. The van der Waals surface area contributed by atoms with Crippen LogP contribution in [0.3, 0.4) is 0 Å². The van der Waals surface area contributed by atoms with Gasteiger partial charge in [-0.15, -0.1) is 0 Å². The minimum atomic E-state index is 0.210. The van der Waals surface area contributed by atoms with Crippen molar-refractivity contribution in [2.24, 2.45) is 0 Å². The largest absolute Gasteiger partial charge is 0.485 e. The van der Waals surface area contributed by atoms with Crippen LogP contribution in [-0.2, 0) is 6.61 Å². The summed E-state index contributed by atoms with van der Waals surface area (Å²) >= 11 is 0. The molecule has 3 aromatic rings. The zero-order valence-corrected chi connectivity index (χ0v) is 12.0. The Morgan fingerprint density at radius 3 is 2.73 bits per heavy atom. The van der Waals surface area contributed by atoms with Crippen LogP contribution in [-0.4, -0.2) is 10.1 Å². The van der Waals surface area contributed by atoms with Crippen molar-refractivity contribution < 1.29 is 9.26 Å². The average Bonchev–Trinajstić information content (AvgIpc) is 3.02. The molecule has 5 nitrogen and oxygen atoms in total. The summed E-state index contributed by atoms with van der Waals surface area (Å²) in [6.07, 6.45) is 0. The predicted molar refractivity (Wildman–Crippen MR) is 80.0 cm³/mol. The van der Waals surface area contributed by atoms with E-state index in [0.717, 1.165) is 11.1 Å². The van der Waals surface area contributed by atoms with Crippen molar-refractivity contribution in [1.29, 1.82) is 5.26 Å². The first-order chi connectivity index (χ1) is 10.7. The molecule has 0 spiro atoms. The molecule has 1 aromatic heterocycles. The quantitative estimate of drug-likeness (QED) is 0.735. The van der Waals surface area contributed by atoms with Crippen LogP contribution < -0.4 is 4.74 Å². The van der Waals surface area contributed by atoms with Gasteiger partial charge in [0.15, 0.2) is 6.61 Å². The second kappa shape index (κ2) is 6.10. The molecule has 0 N–H and O–H groups in total. The molecule has 0 aliphatic heterocycles. The molecule has 0 bridgehead atoms. The maximum atomic E-state index is 8.74. The standard InChI is InChI=1S/C17H13N3O2/c1-12-3-2-4-14(9-12)17-19-16(20-22-17)11-21-15-7-5-13(10-18)6-8-15/h2-9H,11H2,1H3. The molecule has 2 aromatic carbocycles. The summed E-state index contributed by atoms with van der Waals surface area (Å²) in [6.45, 7) is 2.22. The van der Waals surface area contributed by atoms with Crippen molar-refractivity contribution in [1.82, 2.24) is 10.1 Å². The Morgan fingerprint density at radius 2 is 2.00 bits per heavy atom. The number of aromatic nitrogens is 2. The summed E-state index contributed by atoms with van der Waals surface area (Å²) in [5.41, 5.74) is 2.61. The second-order valence-electron chi connectivity index (χ2n) is 4.81. The van der Waals surface area contributed by atoms with E-state index >= 15 is 0 Å². The number of aryl methyl sites for hydroxylation is 1. The predicted octanol–water partition coefficient (Wildman–Crippen LogP) is 3.50. The van der Waals surface area contributed by atoms with Crippen LogP contribution in [0.2, 0.25) is 0 Å². The highest BCUT2D eigenvalue weighted by Crippen LogP contribution is 2.19. The highest BCUT2D eigenvalue weighted by molar-refractivity contribution is 5.53. The maximum absolute atomic E-state index is 8.74. The van der Waals surface area contributed by atoms with Crippen LogP contribution >= 0.6 is 0 Å². The Bertz CT molecular complexity index is 816. The van der Waals surface area contributed by atoms with Crippen molar-refractivity contribution in [2.45, 2.75) is 13.5 Å². The lowest BCUT2D eigenvalue weighted by Crippen LogP contribution is -1.97. The number of benzene rings is 2. The van der Waals surface area contributed by atoms with E-state index in [4.69, 9.17) is 14.5 Å². The number of nitrogens with zero attached hydrogens (tertiary/aromatic N) is 3. The summed E-state index contributed by atoms with van der Waals surface area (Å²) in [4.78, 5) is 4.32. The van der Waals surface area contributed by atoms with E-state index in [2.05, 4.69) is 16.2 Å². The lowest BCUT2D eigenvalue weighted by Gasteiger charge is -2.02. The van der Waals surface area contributed by atoms with Gasteiger partial charge in [-0.1, -0.05) is 22.9 Å². The molecule has 1 heterocycles. The zero-order chi connectivity index (χ0) is 15.4. The van der Waals surface area contributed by atoms with E-state index in [1.165, 1.54) is 0 Å². The minimum absolute atomic E-state index is 0.210. The number of nitriles is 1. The van der Waals surface area contributed by atoms with Gasteiger partial charge in [0, 0.05) is 5.56 Å². The van der Waals surface area contributed by atoms with E-state index in [1.54, 1.807) is 24.3 Å². The van der Waals surface area contributed by atoms with Crippen molar-refractivity contribution in [3.8, 4) is 23.3 Å². The Morgan fingerprint density at radius 1 is 1.18 bits per heavy atom. The van der Waals surface area contributed by atoms with E-state index < -0.39 is 0 Å². The number of hydrogen-bond donors (Lipinski definition) is 0. The van der Waals surface area contributed by atoms with E-state index in [0.29, 0.717) is 23.0 Å². The van der Waals surface area contributed by atoms with Crippen LogP contribution in [0, 0.1) is 18.3 Å². The highest BCUT2D eigenvalue weighted by Gasteiger charge is 2.09. The highest BCUT2D eigenvalue weighted by atomic mass is 16.5. The van der Waals surface area contributed by atoms with Crippen molar-refractivity contribution >= 4 is 0 Å². The van der Waals surface area contributed by atoms with Gasteiger partial charge < -0.3 is 9.26 Å². The van der Waals surface area contributed by atoms with Crippen LogP contribution in [0.5, 0.6) is 5.75 Å². The van der Waals surface area contributed by atoms with Gasteiger partial charge in [0.1, 0.15) is 5.75 Å². The first-order valence-corrected chi connectivity index (χ1v) is 6.77. The van der Waals surface area contributed by atoms with Gasteiger partial charge in [0.25, 0.3) is 5.89 Å². The smallest absolute Gasteiger partial charge is 0.258 e.